The predicted molar refractivity (Wildman–Crippen MR) is 74.5 cm³/mol. The maximum Gasteiger partial charge on any atom is 0.242 e. The predicted octanol–water partition coefficient (Wildman–Crippen LogP) is 3.23. The zero-order chi connectivity index (χ0) is 14.3. The molecule has 0 aromatic heterocycles. The van der Waals surface area contributed by atoms with Crippen LogP contribution in [-0.4, -0.2) is 16.9 Å². The van der Waals surface area contributed by atoms with Gasteiger partial charge in [-0.3, -0.25) is 4.79 Å². The monoisotopic (exact) mass is 271 g/mol. The molecule has 104 valence electrons. The molecule has 1 aromatic carbocycles. The minimum absolute atomic E-state index is 0.0868. The number of ketones is 1. The first-order valence-electron chi connectivity index (χ1n) is 6.73. The van der Waals surface area contributed by atoms with Gasteiger partial charge in [0.25, 0.3) is 0 Å². The molecule has 0 bridgehead atoms. The second-order valence-corrected chi connectivity index (χ2v) is 6.16. The highest BCUT2D eigenvalue weighted by Gasteiger charge is 2.45. The molecule has 2 aliphatic rings. The summed E-state index contributed by atoms with van der Waals surface area (Å²) in [6.07, 6.45) is 1.19. The fourth-order valence-corrected chi connectivity index (χ4v) is 3.03. The quantitative estimate of drug-likeness (QED) is 0.630. The van der Waals surface area contributed by atoms with Crippen molar-refractivity contribution in [3.63, 3.8) is 0 Å². The molecule has 1 aliphatic carbocycles. The molecule has 0 fully saturated rings. The van der Waals surface area contributed by atoms with Gasteiger partial charge < -0.3 is 9.94 Å². The number of oxime groups is 1. The van der Waals surface area contributed by atoms with Crippen LogP contribution < -0.4 is 0 Å². The summed E-state index contributed by atoms with van der Waals surface area (Å²) >= 11 is 0. The van der Waals surface area contributed by atoms with E-state index in [2.05, 4.69) is 5.16 Å². The number of ether oxygens (including phenoxy) is 1. The van der Waals surface area contributed by atoms with E-state index in [1.807, 2.05) is 44.2 Å². The number of allylic oxidation sites excluding steroid dienone is 1. The van der Waals surface area contributed by atoms with Gasteiger partial charge in [0.05, 0.1) is 11.5 Å². The van der Waals surface area contributed by atoms with Gasteiger partial charge in [-0.25, -0.2) is 0 Å². The first-order valence-corrected chi connectivity index (χ1v) is 6.73. The van der Waals surface area contributed by atoms with E-state index in [9.17, 15) is 10.0 Å². The van der Waals surface area contributed by atoms with Crippen LogP contribution in [0, 0.1) is 5.41 Å². The Balaban J connectivity index is 2.09. The van der Waals surface area contributed by atoms with E-state index in [1.165, 1.54) is 0 Å². The Hall–Kier alpha value is -2.10. The van der Waals surface area contributed by atoms with E-state index < -0.39 is 0 Å². The van der Waals surface area contributed by atoms with Gasteiger partial charge in [-0.1, -0.05) is 49.3 Å². The van der Waals surface area contributed by atoms with E-state index >= 15 is 0 Å². The lowest BCUT2D eigenvalue weighted by molar-refractivity contribution is -0.118. The van der Waals surface area contributed by atoms with E-state index in [0.29, 0.717) is 24.2 Å². The van der Waals surface area contributed by atoms with E-state index in [1.54, 1.807) is 0 Å². The molecule has 0 saturated carbocycles. The number of hydrogen-bond donors (Lipinski definition) is 1. The second-order valence-electron chi connectivity index (χ2n) is 6.16. The number of carbonyl (C=O) groups excluding carboxylic acids is 1. The molecule has 1 aliphatic heterocycles. The van der Waals surface area contributed by atoms with Crippen molar-refractivity contribution >= 4 is 11.7 Å². The van der Waals surface area contributed by atoms with Crippen molar-refractivity contribution in [2.45, 2.75) is 32.6 Å². The van der Waals surface area contributed by atoms with Crippen LogP contribution >= 0.6 is 0 Å². The van der Waals surface area contributed by atoms with Crippen molar-refractivity contribution in [3.8, 4) is 0 Å². The summed E-state index contributed by atoms with van der Waals surface area (Å²) in [7, 11) is 0. The van der Waals surface area contributed by atoms with Crippen LogP contribution in [0.4, 0.5) is 0 Å². The maximum atomic E-state index is 12.5. The number of benzene rings is 1. The molecule has 0 radical (unpaired) electrons. The highest BCUT2D eigenvalue weighted by atomic mass is 16.5. The van der Waals surface area contributed by atoms with Crippen LogP contribution in [0.1, 0.15) is 38.2 Å². The van der Waals surface area contributed by atoms with Gasteiger partial charge in [0.1, 0.15) is 5.76 Å². The highest BCUT2D eigenvalue weighted by molar-refractivity contribution is 6.08. The van der Waals surface area contributed by atoms with E-state index in [-0.39, 0.29) is 23.0 Å². The van der Waals surface area contributed by atoms with Crippen molar-refractivity contribution in [3.05, 3.63) is 47.2 Å². The minimum Gasteiger partial charge on any atom is -0.443 e. The molecule has 1 N–H and O–H groups in total. The van der Waals surface area contributed by atoms with Crippen LogP contribution in [0.3, 0.4) is 0 Å². The lowest BCUT2D eigenvalue weighted by Gasteiger charge is -2.28. The molecule has 3 rings (SSSR count). The largest absolute Gasteiger partial charge is 0.443 e. The molecule has 4 heteroatoms. The van der Waals surface area contributed by atoms with Crippen molar-refractivity contribution in [1.29, 1.82) is 0 Å². The number of Topliss-reactive ketones (excluding diaryl/α,β-unsaturated/α-hetero) is 1. The molecule has 0 amide bonds. The first kappa shape index (κ1) is 12.9. The molecule has 1 aromatic rings. The Bertz CT molecular complexity index is 614. The smallest absolute Gasteiger partial charge is 0.242 e. The third-order valence-corrected chi connectivity index (χ3v) is 3.87. The molecule has 0 spiro atoms. The average Bonchev–Trinajstić information content (AvgIpc) is 2.76. The highest BCUT2D eigenvalue weighted by Crippen LogP contribution is 2.46. The summed E-state index contributed by atoms with van der Waals surface area (Å²) in [6.45, 7) is 4.09. The van der Waals surface area contributed by atoms with Crippen LogP contribution in [0.2, 0.25) is 0 Å². The Morgan fingerprint density at radius 3 is 2.60 bits per heavy atom. The standard InChI is InChI=1S/C16H17NO3/c1-16(2)8-11(18)14-12(9-16)20-15(17-19)13(14)10-6-4-3-5-7-10/h3-7,13,19H,8-9H2,1-2H3/b17-15+. The van der Waals surface area contributed by atoms with Crippen LogP contribution in [-0.2, 0) is 9.53 Å². The SMILES string of the molecule is CC1(C)CC(=O)C2=C(C1)O/C(=N/O)C2c1ccccc1. The second kappa shape index (κ2) is 4.47. The molecular weight excluding hydrogens is 254 g/mol. The summed E-state index contributed by atoms with van der Waals surface area (Å²) in [4.78, 5) is 12.5. The Morgan fingerprint density at radius 2 is 1.95 bits per heavy atom. The van der Waals surface area contributed by atoms with Gasteiger partial charge in [-0.15, -0.1) is 0 Å². The number of rotatable bonds is 1. The Morgan fingerprint density at radius 1 is 1.25 bits per heavy atom. The summed E-state index contributed by atoms with van der Waals surface area (Å²) < 4.78 is 5.65. The number of carbonyl (C=O) groups is 1. The first-order chi connectivity index (χ1) is 9.52. The summed E-state index contributed by atoms with van der Waals surface area (Å²) in [6, 6.07) is 9.56. The summed E-state index contributed by atoms with van der Waals surface area (Å²) in [5.41, 5.74) is 1.46. The molecule has 1 atom stereocenters. The topological polar surface area (TPSA) is 58.9 Å². The van der Waals surface area contributed by atoms with Crippen molar-refractivity contribution < 1.29 is 14.7 Å². The third-order valence-electron chi connectivity index (χ3n) is 3.87. The van der Waals surface area contributed by atoms with E-state index in [4.69, 9.17) is 4.74 Å². The Labute approximate surface area is 117 Å². The van der Waals surface area contributed by atoms with Gasteiger partial charge in [-0.2, -0.15) is 0 Å². The average molecular weight is 271 g/mol. The zero-order valence-corrected chi connectivity index (χ0v) is 11.6. The van der Waals surface area contributed by atoms with Crippen molar-refractivity contribution in [2.24, 2.45) is 10.6 Å². The molecule has 1 unspecified atom stereocenters. The fourth-order valence-electron chi connectivity index (χ4n) is 3.03. The van der Waals surface area contributed by atoms with Gasteiger partial charge in [0, 0.05) is 12.8 Å². The fraction of sp³-hybridized carbons (Fsp3) is 0.375. The lowest BCUT2D eigenvalue weighted by atomic mass is 9.73. The third kappa shape index (κ3) is 2.01. The van der Waals surface area contributed by atoms with Crippen molar-refractivity contribution in [2.75, 3.05) is 0 Å². The molecule has 1 heterocycles. The maximum absolute atomic E-state index is 12.5. The van der Waals surface area contributed by atoms with E-state index in [0.717, 1.165) is 5.56 Å². The Kier molecular flexibility index (Phi) is 2.89. The molecular formula is C16H17NO3. The summed E-state index contributed by atoms with van der Waals surface area (Å²) in [5.74, 6) is 0.573. The van der Waals surface area contributed by atoms with Crippen LogP contribution in [0.15, 0.2) is 46.8 Å². The van der Waals surface area contributed by atoms with Crippen molar-refractivity contribution in [1.82, 2.24) is 0 Å². The van der Waals surface area contributed by atoms with Gasteiger partial charge in [0.15, 0.2) is 5.78 Å². The van der Waals surface area contributed by atoms with Crippen LogP contribution in [0.25, 0.3) is 0 Å². The van der Waals surface area contributed by atoms with Gasteiger partial charge in [-0.05, 0) is 11.0 Å². The summed E-state index contributed by atoms with van der Waals surface area (Å²) in [5, 5.41) is 12.4. The molecule has 4 nitrogen and oxygen atoms in total. The zero-order valence-electron chi connectivity index (χ0n) is 11.6. The molecule has 0 saturated heterocycles. The normalized spacial score (nSPS) is 26.6. The number of nitrogens with zero attached hydrogens (tertiary/aromatic N) is 1. The minimum atomic E-state index is -0.375. The molecule has 20 heavy (non-hydrogen) atoms. The lowest BCUT2D eigenvalue weighted by Crippen LogP contribution is -2.26. The van der Waals surface area contributed by atoms with Crippen LogP contribution in [0.5, 0.6) is 0 Å². The van der Waals surface area contributed by atoms with Gasteiger partial charge >= 0.3 is 0 Å². The van der Waals surface area contributed by atoms with Gasteiger partial charge in [0.2, 0.25) is 5.90 Å². The number of hydrogen-bond acceptors (Lipinski definition) is 4.